The Kier molecular flexibility index (Phi) is 3.08. The summed E-state index contributed by atoms with van der Waals surface area (Å²) in [6.07, 6.45) is 8.21. The number of rotatable bonds is 2. The molecule has 0 unspecified atom stereocenters. The van der Waals surface area contributed by atoms with Crippen LogP contribution in [0.3, 0.4) is 0 Å². The first-order chi connectivity index (χ1) is 10.7. The minimum absolute atomic E-state index is 0.0894. The average molecular weight is 363 g/mol. The van der Waals surface area contributed by atoms with Gasteiger partial charge in [0.05, 0.1) is 0 Å². The van der Waals surface area contributed by atoms with E-state index in [4.69, 9.17) is 9.47 Å². The molecule has 5 bridgehead atoms. The summed E-state index contributed by atoms with van der Waals surface area (Å²) >= 11 is 0.509. The molecule has 6 atom stereocenters. The van der Waals surface area contributed by atoms with E-state index in [1.165, 1.54) is 36.6 Å². The topological polar surface area (TPSA) is 18.5 Å². The van der Waals surface area contributed by atoms with Gasteiger partial charge >= 0.3 is 139 Å². The molecule has 3 aliphatic heterocycles. The van der Waals surface area contributed by atoms with Crippen LogP contribution in [0, 0.1) is 11.3 Å². The third-order valence-corrected chi connectivity index (χ3v) is 9.93. The van der Waals surface area contributed by atoms with Gasteiger partial charge in [-0.25, -0.2) is 0 Å². The van der Waals surface area contributed by atoms with Gasteiger partial charge in [-0.2, -0.15) is 0 Å². The predicted molar refractivity (Wildman–Crippen MR) is 87.4 cm³/mol. The van der Waals surface area contributed by atoms with Crippen molar-refractivity contribution >= 4 is 19.4 Å². The fourth-order valence-corrected chi connectivity index (χ4v) is 9.00. The molecule has 1 aromatic carbocycles. The molecule has 0 aromatic heterocycles. The molecule has 3 saturated heterocycles. The van der Waals surface area contributed by atoms with E-state index in [1.807, 2.05) is 0 Å². The van der Waals surface area contributed by atoms with Crippen molar-refractivity contribution in [2.75, 3.05) is 0 Å². The molecule has 5 aliphatic rings. The predicted octanol–water partition coefficient (Wildman–Crippen LogP) is 3.29. The molecule has 0 amide bonds. The molecule has 6 rings (SSSR count). The van der Waals surface area contributed by atoms with Crippen LogP contribution in [0.2, 0.25) is 4.82 Å². The Balaban J connectivity index is 1.55. The van der Waals surface area contributed by atoms with Gasteiger partial charge < -0.3 is 0 Å². The van der Waals surface area contributed by atoms with Gasteiger partial charge in [0.2, 0.25) is 0 Å². The van der Waals surface area contributed by atoms with E-state index >= 15 is 0 Å². The standard InChI is InChI=1S/C19H24O2Se/c1-18-13-9-10-16(22-14-6-3-2-4-7-14)19(18)11-5-8-15(18)20-17(12-13)21-19/h2-4,6-7,13,15-17H,5,8-12H2,1H3/t13-,15-,16+,17+,18+,19-/m0/s1. The number of hydrogen-bond acceptors (Lipinski definition) is 2. The Morgan fingerprint density at radius 3 is 2.86 bits per heavy atom. The van der Waals surface area contributed by atoms with Gasteiger partial charge in [0.1, 0.15) is 0 Å². The molecular formula is C19H24O2Se. The zero-order chi connectivity index (χ0) is 14.8. The van der Waals surface area contributed by atoms with Crippen molar-refractivity contribution in [1.29, 1.82) is 0 Å². The minimum atomic E-state index is 0.0894. The molecule has 2 aliphatic carbocycles. The van der Waals surface area contributed by atoms with Crippen molar-refractivity contribution in [3.8, 4) is 0 Å². The molecule has 3 heteroatoms. The summed E-state index contributed by atoms with van der Waals surface area (Å²) < 4.78 is 14.5. The Morgan fingerprint density at radius 1 is 1.14 bits per heavy atom. The van der Waals surface area contributed by atoms with Crippen LogP contribution in [0.1, 0.15) is 45.4 Å². The zero-order valence-electron chi connectivity index (χ0n) is 13.2. The number of ether oxygens (including phenoxy) is 2. The van der Waals surface area contributed by atoms with Crippen LogP contribution in [-0.4, -0.2) is 33.0 Å². The summed E-state index contributed by atoms with van der Waals surface area (Å²) in [6, 6.07) is 11.1. The van der Waals surface area contributed by atoms with Crippen molar-refractivity contribution in [2.24, 2.45) is 11.3 Å². The molecule has 118 valence electrons. The molecule has 22 heavy (non-hydrogen) atoms. The molecule has 3 heterocycles. The number of benzene rings is 1. The maximum atomic E-state index is 6.70. The van der Waals surface area contributed by atoms with E-state index in [2.05, 4.69) is 37.3 Å². The van der Waals surface area contributed by atoms with Crippen molar-refractivity contribution < 1.29 is 9.47 Å². The van der Waals surface area contributed by atoms with E-state index in [1.54, 1.807) is 0 Å². The fraction of sp³-hybridized carbons (Fsp3) is 0.684. The van der Waals surface area contributed by atoms with E-state index < -0.39 is 0 Å². The monoisotopic (exact) mass is 364 g/mol. The van der Waals surface area contributed by atoms with Gasteiger partial charge in [-0.05, 0) is 0 Å². The van der Waals surface area contributed by atoms with Crippen LogP contribution in [0.5, 0.6) is 0 Å². The van der Waals surface area contributed by atoms with Crippen LogP contribution in [0.25, 0.3) is 0 Å². The van der Waals surface area contributed by atoms with Crippen LogP contribution >= 0.6 is 0 Å². The molecule has 2 saturated carbocycles. The van der Waals surface area contributed by atoms with Crippen LogP contribution in [-0.2, 0) is 9.47 Å². The SMILES string of the molecule is C[C@]12[C@H]3CC[C@@H]([Se]c4ccccc4)[C@@]14CCC[C@@H]2O[C@@H](C3)O4. The second-order valence-corrected chi connectivity index (χ2v) is 10.3. The summed E-state index contributed by atoms with van der Waals surface area (Å²) in [5.74, 6) is 0.827. The summed E-state index contributed by atoms with van der Waals surface area (Å²) in [7, 11) is 0. The second kappa shape index (κ2) is 4.83. The van der Waals surface area contributed by atoms with Crippen LogP contribution in [0.15, 0.2) is 30.3 Å². The average Bonchev–Trinajstić information content (AvgIpc) is 2.50. The van der Waals surface area contributed by atoms with Crippen molar-refractivity contribution in [3.63, 3.8) is 0 Å². The molecule has 1 aromatic rings. The molecule has 5 fully saturated rings. The van der Waals surface area contributed by atoms with Crippen molar-refractivity contribution in [1.82, 2.24) is 0 Å². The first-order valence-corrected chi connectivity index (χ1v) is 10.6. The summed E-state index contributed by atoms with van der Waals surface area (Å²) in [5, 5.41) is 0. The molecule has 0 radical (unpaired) electrons. The van der Waals surface area contributed by atoms with Gasteiger partial charge in [0.25, 0.3) is 0 Å². The first-order valence-electron chi connectivity index (χ1n) is 8.77. The molecule has 0 spiro atoms. The third kappa shape index (κ3) is 1.69. The zero-order valence-corrected chi connectivity index (χ0v) is 14.9. The summed E-state index contributed by atoms with van der Waals surface area (Å²) in [6.45, 7) is 2.50. The molecule has 0 N–H and O–H groups in total. The number of hydrogen-bond donors (Lipinski definition) is 0. The van der Waals surface area contributed by atoms with Crippen LogP contribution < -0.4 is 4.46 Å². The molecular weight excluding hydrogens is 339 g/mol. The van der Waals surface area contributed by atoms with Crippen molar-refractivity contribution in [2.45, 2.75) is 68.3 Å². The van der Waals surface area contributed by atoms with Gasteiger partial charge in [0.15, 0.2) is 0 Å². The Labute approximate surface area is 139 Å². The maximum absolute atomic E-state index is 6.70. The summed E-state index contributed by atoms with van der Waals surface area (Å²) in [5.41, 5.74) is 0.370. The fourth-order valence-electron chi connectivity index (χ4n) is 5.83. The van der Waals surface area contributed by atoms with Gasteiger partial charge in [0, 0.05) is 0 Å². The normalized spacial score (nSPS) is 49.1. The van der Waals surface area contributed by atoms with E-state index in [0.29, 0.717) is 21.1 Å². The van der Waals surface area contributed by atoms with E-state index in [9.17, 15) is 0 Å². The first kappa shape index (κ1) is 14.0. The van der Waals surface area contributed by atoms with Gasteiger partial charge in [-0.3, -0.25) is 0 Å². The third-order valence-electron chi connectivity index (χ3n) is 6.90. The molecule has 2 nitrogen and oxygen atoms in total. The van der Waals surface area contributed by atoms with E-state index in [-0.39, 0.29) is 17.3 Å². The second-order valence-electron chi connectivity index (χ2n) is 7.67. The Hall–Kier alpha value is -0.341. The van der Waals surface area contributed by atoms with Gasteiger partial charge in [-0.1, -0.05) is 0 Å². The van der Waals surface area contributed by atoms with Crippen LogP contribution in [0.4, 0.5) is 0 Å². The summed E-state index contributed by atoms with van der Waals surface area (Å²) in [4.78, 5) is 0.721. The van der Waals surface area contributed by atoms with Gasteiger partial charge in [-0.15, -0.1) is 0 Å². The van der Waals surface area contributed by atoms with E-state index in [0.717, 1.165) is 17.2 Å². The quantitative estimate of drug-likeness (QED) is 0.751. The Morgan fingerprint density at radius 2 is 2.00 bits per heavy atom. The van der Waals surface area contributed by atoms with Crippen molar-refractivity contribution in [3.05, 3.63) is 30.3 Å². The Bertz CT molecular complexity index is 566.